The summed E-state index contributed by atoms with van der Waals surface area (Å²) in [4.78, 5) is 10.1. The second-order valence-electron chi connectivity index (χ2n) is 10.0. The van der Waals surface area contributed by atoms with E-state index in [1.807, 2.05) is 0 Å². The molecular weight excluding hydrogens is 539 g/mol. The third kappa shape index (κ3) is 5.71. The van der Waals surface area contributed by atoms with Gasteiger partial charge in [0.15, 0.2) is 0 Å². The zero-order valence-corrected chi connectivity index (χ0v) is 23.2. The molecule has 0 fully saturated rings. The first-order chi connectivity index (χ1) is 20.2. The van der Waals surface area contributed by atoms with Crippen molar-refractivity contribution < 1.29 is 23.4 Å². The van der Waals surface area contributed by atoms with Crippen molar-refractivity contribution in [2.45, 2.75) is 39.2 Å². The van der Waals surface area contributed by atoms with Gasteiger partial charge in [0.1, 0.15) is 28.6 Å². The van der Waals surface area contributed by atoms with E-state index in [0.29, 0.717) is 44.1 Å². The van der Waals surface area contributed by atoms with Crippen LogP contribution in [0, 0.1) is 0 Å². The molecule has 0 saturated carbocycles. The lowest BCUT2D eigenvalue weighted by molar-refractivity contribution is -0.190. The van der Waals surface area contributed by atoms with Crippen LogP contribution in [0.2, 0.25) is 0 Å². The van der Waals surface area contributed by atoms with Gasteiger partial charge in [-0.3, -0.25) is 14.9 Å². The highest BCUT2D eigenvalue weighted by Gasteiger charge is 2.45. The van der Waals surface area contributed by atoms with Crippen LogP contribution in [-0.2, 0) is 13.1 Å². The Kier molecular flexibility index (Phi) is 8.27. The predicted octanol–water partition coefficient (Wildman–Crippen LogP) is 8.57. The van der Waals surface area contributed by atoms with Gasteiger partial charge in [0.25, 0.3) is 0 Å². The van der Waals surface area contributed by atoms with Gasteiger partial charge in [-0.05, 0) is 54.8 Å². The van der Waals surface area contributed by atoms with E-state index in [2.05, 4.69) is 9.97 Å². The lowest BCUT2D eigenvalue weighted by Gasteiger charge is -2.34. The van der Waals surface area contributed by atoms with Gasteiger partial charge in [0.05, 0.1) is 0 Å². The second kappa shape index (κ2) is 12.0. The first kappa shape index (κ1) is 28.8. The second-order valence-corrected chi connectivity index (χ2v) is 10.0. The Balaban J connectivity index is 1.74. The van der Waals surface area contributed by atoms with Crippen molar-refractivity contribution in [2.24, 2.45) is 0 Å². The lowest BCUT2D eigenvalue weighted by Crippen LogP contribution is -2.38. The van der Waals surface area contributed by atoms with Crippen LogP contribution in [0.4, 0.5) is 13.2 Å². The molecule has 0 aliphatic heterocycles. The molecule has 42 heavy (non-hydrogen) atoms. The van der Waals surface area contributed by atoms with Crippen LogP contribution in [-0.4, -0.2) is 31.3 Å². The smallest absolute Gasteiger partial charge is 0.408 e. The molecule has 8 heteroatoms. The number of hydrogen-bond acceptors (Lipinski definition) is 5. The number of halogens is 3. The van der Waals surface area contributed by atoms with Gasteiger partial charge in [-0.1, -0.05) is 66.8 Å². The lowest BCUT2D eigenvalue weighted by atomic mass is 9.97. The summed E-state index contributed by atoms with van der Waals surface area (Å²) in [5.41, 5.74) is 2.86. The summed E-state index contributed by atoms with van der Waals surface area (Å²) in [6.45, 7) is 3.40. The Hall–Kier alpha value is -4.69. The summed E-state index contributed by atoms with van der Waals surface area (Å²) < 4.78 is 45.1. The first-order valence-electron chi connectivity index (χ1n) is 13.5. The molecule has 0 spiro atoms. The van der Waals surface area contributed by atoms with Crippen LogP contribution in [0.15, 0.2) is 91.3 Å². The number of hydrogen-bond donors (Lipinski definition) is 2. The Labute approximate surface area is 241 Å². The number of pyridine rings is 2. The molecule has 0 aliphatic carbocycles. The summed E-state index contributed by atoms with van der Waals surface area (Å²) >= 11 is 0. The van der Waals surface area contributed by atoms with Crippen molar-refractivity contribution in [3.05, 3.63) is 119 Å². The SMILES string of the molecule is CC=Cc1cc(CN(Cc2cc(C=CC)c(O)c3ncccc23)C(c2ccccc2)C(F)(F)F)c2cccnc2c1O. The summed E-state index contributed by atoms with van der Waals surface area (Å²) in [6.07, 6.45) is 5.40. The van der Waals surface area contributed by atoms with Gasteiger partial charge in [0.2, 0.25) is 0 Å². The number of aromatic hydroxyl groups is 2. The average Bonchev–Trinajstić information content (AvgIpc) is 2.98. The molecule has 214 valence electrons. The van der Waals surface area contributed by atoms with Crippen molar-refractivity contribution in [3.8, 4) is 11.5 Å². The number of alkyl halides is 3. The van der Waals surface area contributed by atoms with Crippen molar-refractivity contribution in [1.82, 2.24) is 14.9 Å². The van der Waals surface area contributed by atoms with E-state index in [9.17, 15) is 10.2 Å². The third-order valence-corrected chi connectivity index (χ3v) is 7.19. The fourth-order valence-corrected chi connectivity index (χ4v) is 5.44. The quantitative estimate of drug-likeness (QED) is 0.196. The largest absolute Gasteiger partial charge is 0.505 e. The molecular formula is C34H30F3N3O2. The minimum atomic E-state index is -4.62. The van der Waals surface area contributed by atoms with Gasteiger partial charge >= 0.3 is 6.18 Å². The number of benzene rings is 3. The molecule has 3 aromatic carbocycles. The van der Waals surface area contributed by atoms with E-state index in [1.54, 1.807) is 105 Å². The molecule has 2 heterocycles. The van der Waals surface area contributed by atoms with Crippen molar-refractivity contribution in [3.63, 3.8) is 0 Å². The van der Waals surface area contributed by atoms with Crippen molar-refractivity contribution >= 4 is 34.0 Å². The number of phenols is 2. The number of fused-ring (bicyclic) bond motifs is 2. The summed E-state index contributed by atoms with van der Waals surface area (Å²) in [5.74, 6) is -0.0537. The highest BCUT2D eigenvalue weighted by atomic mass is 19.4. The highest BCUT2D eigenvalue weighted by molar-refractivity contribution is 5.92. The maximum absolute atomic E-state index is 15.0. The molecule has 1 unspecified atom stereocenters. The van der Waals surface area contributed by atoms with Crippen molar-refractivity contribution in [1.29, 1.82) is 0 Å². The summed E-state index contributed by atoms with van der Waals surface area (Å²) in [7, 11) is 0. The molecule has 2 aromatic heterocycles. The monoisotopic (exact) mass is 569 g/mol. The third-order valence-electron chi connectivity index (χ3n) is 7.19. The summed E-state index contributed by atoms with van der Waals surface area (Å²) in [6, 6.07) is 16.2. The fraction of sp³-hybridized carbons (Fsp3) is 0.176. The molecule has 2 N–H and O–H groups in total. The Morgan fingerprint density at radius 3 is 1.64 bits per heavy atom. The molecule has 0 bridgehead atoms. The molecule has 0 aliphatic rings. The van der Waals surface area contributed by atoms with Gasteiger partial charge in [-0.15, -0.1) is 0 Å². The Bertz CT molecular complexity index is 1680. The van der Waals surface area contributed by atoms with E-state index < -0.39 is 12.2 Å². The Morgan fingerprint density at radius 2 is 1.21 bits per heavy atom. The minimum Gasteiger partial charge on any atom is -0.505 e. The fourth-order valence-electron chi connectivity index (χ4n) is 5.44. The normalized spacial score (nSPS) is 13.2. The summed E-state index contributed by atoms with van der Waals surface area (Å²) in [5, 5.41) is 22.9. The maximum atomic E-state index is 15.0. The number of aromatic nitrogens is 2. The van der Waals surface area contributed by atoms with Crippen molar-refractivity contribution in [2.75, 3.05) is 0 Å². The standard InChI is InChI=1S/C34H30F3N3O2/c1-3-10-23-18-25(27-14-8-16-38-29(27)31(23)41)20-40(33(34(35,36)37)22-12-6-5-7-13-22)21-26-19-24(11-4-2)32(42)30-28(26)15-9-17-39-30/h3-19,33,41-42H,20-21H2,1-2H3. The van der Waals surface area contributed by atoms with E-state index >= 15 is 13.2 Å². The van der Waals surface area contributed by atoms with E-state index in [-0.39, 0.29) is 30.2 Å². The molecule has 0 amide bonds. The molecule has 0 radical (unpaired) electrons. The van der Waals surface area contributed by atoms with Crippen LogP contribution in [0.3, 0.4) is 0 Å². The van der Waals surface area contributed by atoms with Crippen LogP contribution in [0.5, 0.6) is 11.5 Å². The molecule has 5 nitrogen and oxygen atoms in total. The molecule has 1 atom stereocenters. The van der Waals surface area contributed by atoms with Crippen LogP contribution >= 0.6 is 0 Å². The number of allylic oxidation sites excluding steroid dienone is 2. The van der Waals surface area contributed by atoms with E-state index in [1.165, 1.54) is 17.0 Å². The van der Waals surface area contributed by atoms with Crippen LogP contribution in [0.1, 0.15) is 47.7 Å². The predicted molar refractivity (Wildman–Crippen MR) is 161 cm³/mol. The molecule has 5 rings (SSSR count). The molecule has 5 aromatic rings. The minimum absolute atomic E-state index is 0.0268. The Morgan fingerprint density at radius 1 is 0.738 bits per heavy atom. The average molecular weight is 570 g/mol. The van der Waals surface area contributed by atoms with E-state index in [0.717, 1.165) is 0 Å². The van der Waals surface area contributed by atoms with Gasteiger partial charge in [-0.2, -0.15) is 13.2 Å². The van der Waals surface area contributed by atoms with Crippen LogP contribution in [0.25, 0.3) is 34.0 Å². The molecule has 0 saturated heterocycles. The van der Waals surface area contributed by atoms with Crippen LogP contribution < -0.4 is 0 Å². The topological polar surface area (TPSA) is 69.5 Å². The maximum Gasteiger partial charge on any atom is 0.408 e. The number of rotatable bonds is 8. The number of nitrogens with zero attached hydrogens (tertiary/aromatic N) is 3. The van der Waals surface area contributed by atoms with E-state index in [4.69, 9.17) is 0 Å². The number of phenolic OH excluding ortho intramolecular Hbond substituents is 2. The van der Waals surface area contributed by atoms with Gasteiger partial charge < -0.3 is 10.2 Å². The zero-order chi connectivity index (χ0) is 29.9. The van der Waals surface area contributed by atoms with Gasteiger partial charge in [0, 0.05) is 47.4 Å². The zero-order valence-electron chi connectivity index (χ0n) is 23.2. The first-order valence-corrected chi connectivity index (χ1v) is 13.5. The highest BCUT2D eigenvalue weighted by Crippen LogP contribution is 2.42. The van der Waals surface area contributed by atoms with Gasteiger partial charge in [-0.25, -0.2) is 0 Å².